The molecule has 0 aromatic heterocycles. The Morgan fingerprint density at radius 2 is 1.76 bits per heavy atom. The van der Waals surface area contributed by atoms with E-state index in [1.54, 1.807) is 0 Å². The van der Waals surface area contributed by atoms with Gasteiger partial charge < -0.3 is 14.6 Å². The van der Waals surface area contributed by atoms with Crippen LogP contribution in [-0.4, -0.2) is 45.1 Å². The first-order valence-electron chi connectivity index (χ1n) is 9.63. The van der Waals surface area contributed by atoms with E-state index < -0.39 is 31.2 Å². The van der Waals surface area contributed by atoms with Gasteiger partial charge in [0, 0.05) is 6.54 Å². The minimum absolute atomic E-state index is 0.0447. The maximum absolute atomic E-state index is 14.1. The SMILES string of the molecule is O=C(OCc1ccccc1)N(Cc1ccccc1)[C@H](CF)C1CCC(I)C(O)O1. The van der Waals surface area contributed by atoms with Crippen LogP contribution >= 0.6 is 22.6 Å². The molecule has 0 aliphatic carbocycles. The Balaban J connectivity index is 1.76. The number of nitrogens with zero attached hydrogens (tertiary/aromatic N) is 1. The highest BCUT2D eigenvalue weighted by molar-refractivity contribution is 14.1. The number of carbonyl (C=O) groups is 1. The number of carbonyl (C=O) groups excluding carboxylic acids is 1. The molecule has 3 rings (SSSR count). The maximum atomic E-state index is 14.1. The summed E-state index contributed by atoms with van der Waals surface area (Å²) in [5.41, 5.74) is 1.72. The van der Waals surface area contributed by atoms with Gasteiger partial charge in [0.1, 0.15) is 13.3 Å². The molecule has 1 N–H and O–H groups in total. The molecule has 3 unspecified atom stereocenters. The predicted molar refractivity (Wildman–Crippen MR) is 116 cm³/mol. The Kier molecular flexibility index (Phi) is 8.26. The Morgan fingerprint density at radius 3 is 2.34 bits per heavy atom. The molecule has 156 valence electrons. The molecule has 1 aliphatic rings. The number of rotatable bonds is 7. The molecule has 1 heterocycles. The quantitative estimate of drug-likeness (QED) is 0.439. The number of halogens is 2. The summed E-state index contributed by atoms with van der Waals surface area (Å²) in [5, 5.41) is 10.1. The lowest BCUT2D eigenvalue weighted by Crippen LogP contribution is -2.52. The molecule has 29 heavy (non-hydrogen) atoms. The third-order valence-electron chi connectivity index (χ3n) is 4.97. The summed E-state index contributed by atoms with van der Waals surface area (Å²) in [7, 11) is 0. The third-order valence-corrected chi connectivity index (χ3v) is 6.21. The fraction of sp³-hybridized carbons (Fsp3) is 0.409. The molecule has 2 aromatic rings. The van der Waals surface area contributed by atoms with Crippen LogP contribution in [0.5, 0.6) is 0 Å². The van der Waals surface area contributed by atoms with Crippen LogP contribution in [0.2, 0.25) is 0 Å². The smallest absolute Gasteiger partial charge is 0.410 e. The van der Waals surface area contributed by atoms with Gasteiger partial charge >= 0.3 is 6.09 Å². The van der Waals surface area contributed by atoms with Crippen molar-refractivity contribution in [1.29, 1.82) is 0 Å². The molecule has 0 saturated carbocycles. The highest BCUT2D eigenvalue weighted by Gasteiger charge is 2.38. The van der Waals surface area contributed by atoms with E-state index in [1.165, 1.54) is 4.90 Å². The second-order valence-electron chi connectivity index (χ2n) is 7.03. The van der Waals surface area contributed by atoms with Gasteiger partial charge in [-0.3, -0.25) is 4.90 Å². The Bertz CT molecular complexity index is 764. The Labute approximate surface area is 184 Å². The molecule has 1 fully saturated rings. The molecule has 2 aromatic carbocycles. The summed E-state index contributed by atoms with van der Waals surface area (Å²) in [6, 6.07) is 17.9. The molecule has 1 aliphatic heterocycles. The molecule has 7 heteroatoms. The summed E-state index contributed by atoms with van der Waals surface area (Å²) >= 11 is 2.12. The third kappa shape index (κ3) is 6.13. The zero-order chi connectivity index (χ0) is 20.6. The zero-order valence-corrected chi connectivity index (χ0v) is 18.2. The van der Waals surface area contributed by atoms with Crippen molar-refractivity contribution in [3.8, 4) is 0 Å². The highest BCUT2D eigenvalue weighted by atomic mass is 127. The molecule has 1 saturated heterocycles. The predicted octanol–water partition coefficient (Wildman–Crippen LogP) is 4.46. The van der Waals surface area contributed by atoms with E-state index in [-0.39, 0.29) is 17.1 Å². The standard InChI is InChI=1S/C22H25FINO4/c23-13-19(20-12-11-18(24)21(26)29-20)25(14-16-7-3-1-4-8-16)22(27)28-15-17-9-5-2-6-10-17/h1-10,18-21,26H,11-15H2/t18?,19-,20?,21?/m1/s1. The van der Waals surface area contributed by atoms with Gasteiger partial charge in [-0.05, 0) is 24.0 Å². The number of ether oxygens (including phenoxy) is 2. The second kappa shape index (κ2) is 10.9. The van der Waals surface area contributed by atoms with E-state index in [1.807, 2.05) is 60.7 Å². The van der Waals surface area contributed by atoms with Gasteiger partial charge in [0.2, 0.25) is 0 Å². The van der Waals surface area contributed by atoms with Gasteiger partial charge in [-0.1, -0.05) is 83.3 Å². The number of aliphatic hydroxyl groups is 1. The van der Waals surface area contributed by atoms with Crippen molar-refractivity contribution in [1.82, 2.24) is 4.90 Å². The zero-order valence-electron chi connectivity index (χ0n) is 16.0. The van der Waals surface area contributed by atoms with Gasteiger partial charge in [0.15, 0.2) is 6.29 Å². The van der Waals surface area contributed by atoms with E-state index in [0.29, 0.717) is 12.8 Å². The number of hydrogen-bond acceptors (Lipinski definition) is 4. The topological polar surface area (TPSA) is 59.0 Å². The summed E-state index contributed by atoms with van der Waals surface area (Å²) in [6.45, 7) is -0.475. The van der Waals surface area contributed by atoms with Crippen molar-refractivity contribution < 1.29 is 23.8 Å². The molecular weight excluding hydrogens is 488 g/mol. The summed E-state index contributed by atoms with van der Waals surface area (Å²) in [6.07, 6.45) is -0.899. The second-order valence-corrected chi connectivity index (χ2v) is 8.63. The fourth-order valence-electron chi connectivity index (χ4n) is 3.36. The monoisotopic (exact) mass is 513 g/mol. The van der Waals surface area contributed by atoms with Crippen LogP contribution in [0.1, 0.15) is 24.0 Å². The van der Waals surface area contributed by atoms with E-state index >= 15 is 0 Å². The van der Waals surface area contributed by atoms with Crippen molar-refractivity contribution in [2.24, 2.45) is 0 Å². The number of aliphatic hydroxyl groups excluding tert-OH is 1. The Morgan fingerprint density at radius 1 is 1.14 bits per heavy atom. The summed E-state index contributed by atoms with van der Waals surface area (Å²) in [4.78, 5) is 14.3. The van der Waals surface area contributed by atoms with Crippen LogP contribution in [0.25, 0.3) is 0 Å². The van der Waals surface area contributed by atoms with Crippen LogP contribution in [0.3, 0.4) is 0 Å². The van der Waals surface area contributed by atoms with Crippen LogP contribution in [0.4, 0.5) is 9.18 Å². The van der Waals surface area contributed by atoms with E-state index in [9.17, 15) is 14.3 Å². The average Bonchev–Trinajstić information content (AvgIpc) is 2.75. The fourth-order valence-corrected chi connectivity index (χ4v) is 3.89. The van der Waals surface area contributed by atoms with Crippen molar-refractivity contribution in [2.45, 2.75) is 48.4 Å². The first kappa shape index (κ1) is 22.0. The normalized spacial score (nSPS) is 22.7. The summed E-state index contributed by atoms with van der Waals surface area (Å²) < 4.78 is 25.2. The number of alkyl halides is 2. The van der Waals surface area contributed by atoms with Crippen LogP contribution in [0.15, 0.2) is 60.7 Å². The van der Waals surface area contributed by atoms with Crippen molar-refractivity contribution >= 4 is 28.7 Å². The van der Waals surface area contributed by atoms with Crippen molar-refractivity contribution in [2.75, 3.05) is 6.67 Å². The lowest BCUT2D eigenvalue weighted by Gasteiger charge is -2.39. The molecule has 5 nitrogen and oxygen atoms in total. The maximum Gasteiger partial charge on any atom is 0.410 e. The molecule has 0 spiro atoms. The first-order chi connectivity index (χ1) is 14.1. The van der Waals surface area contributed by atoms with Gasteiger partial charge in [-0.25, -0.2) is 9.18 Å². The average molecular weight is 513 g/mol. The van der Waals surface area contributed by atoms with Crippen LogP contribution in [0, 0.1) is 0 Å². The van der Waals surface area contributed by atoms with E-state index in [0.717, 1.165) is 11.1 Å². The molecule has 4 atom stereocenters. The van der Waals surface area contributed by atoms with Crippen LogP contribution in [-0.2, 0) is 22.6 Å². The van der Waals surface area contributed by atoms with Crippen LogP contribution < -0.4 is 0 Å². The molecule has 0 radical (unpaired) electrons. The van der Waals surface area contributed by atoms with Gasteiger partial charge in [-0.15, -0.1) is 0 Å². The minimum atomic E-state index is -0.970. The van der Waals surface area contributed by atoms with Gasteiger partial charge in [-0.2, -0.15) is 0 Å². The first-order valence-corrected chi connectivity index (χ1v) is 10.9. The van der Waals surface area contributed by atoms with Gasteiger partial charge in [0.05, 0.1) is 16.1 Å². The van der Waals surface area contributed by atoms with E-state index in [2.05, 4.69) is 22.6 Å². The molecule has 0 bridgehead atoms. The number of hydrogen-bond donors (Lipinski definition) is 1. The highest BCUT2D eigenvalue weighted by Crippen LogP contribution is 2.29. The minimum Gasteiger partial charge on any atom is -0.445 e. The number of benzene rings is 2. The van der Waals surface area contributed by atoms with E-state index in [4.69, 9.17) is 9.47 Å². The largest absolute Gasteiger partial charge is 0.445 e. The van der Waals surface area contributed by atoms with Crippen molar-refractivity contribution in [3.05, 3.63) is 71.8 Å². The molecular formula is C22H25FINO4. The summed E-state index contributed by atoms with van der Waals surface area (Å²) in [5.74, 6) is 0. The molecule has 1 amide bonds. The van der Waals surface area contributed by atoms with Gasteiger partial charge in [0.25, 0.3) is 0 Å². The number of amides is 1. The lowest BCUT2D eigenvalue weighted by atomic mass is 10.0. The Hall–Kier alpha value is -1.71. The lowest BCUT2D eigenvalue weighted by molar-refractivity contribution is -0.174. The van der Waals surface area contributed by atoms with Crippen molar-refractivity contribution in [3.63, 3.8) is 0 Å².